The molecule has 0 spiro atoms. The number of hydrogen-bond donors (Lipinski definition) is 2. The molecule has 2 heterocycles. The molecule has 0 bridgehead atoms. The highest BCUT2D eigenvalue weighted by atomic mass is 16.2. The number of carbonyl (C=O) groups is 2. The van der Waals surface area contributed by atoms with E-state index in [9.17, 15) is 14.4 Å². The molecule has 9 heteroatoms. The largest absolute Gasteiger partial charge is 0.321 e. The molecule has 0 saturated heterocycles. The van der Waals surface area contributed by atoms with Gasteiger partial charge in [0.05, 0.1) is 28.6 Å². The third-order valence-electron chi connectivity index (χ3n) is 5.86. The average molecular weight is 479 g/mol. The number of nitrogens with one attached hydrogen (secondary N) is 2. The van der Waals surface area contributed by atoms with Crippen molar-refractivity contribution in [1.82, 2.24) is 19.3 Å². The van der Waals surface area contributed by atoms with E-state index < -0.39 is 11.8 Å². The second-order valence-electron chi connectivity index (χ2n) is 8.17. The van der Waals surface area contributed by atoms with Crippen molar-refractivity contribution >= 4 is 34.2 Å². The molecule has 2 N–H and O–H groups in total. The molecule has 2 aromatic heterocycles. The van der Waals surface area contributed by atoms with Gasteiger partial charge in [-0.1, -0.05) is 36.4 Å². The van der Waals surface area contributed by atoms with Gasteiger partial charge in [0.15, 0.2) is 0 Å². The molecular weight excluding hydrogens is 456 g/mol. The summed E-state index contributed by atoms with van der Waals surface area (Å²) in [6, 6.07) is 22.9. The Balaban J connectivity index is 1.36. The molecule has 5 aromatic rings. The standard InChI is InChI=1S/C27H22N6O3/c1-17-24(27(36)33(32(17)2)20-11-4-3-5-12-20)31-25(34)18-9-8-10-19(15-18)29-26(35)23-16-28-21-13-6-7-14-22(21)30-23/h3-16H,1-2H3,(H,29,35)(H,31,34). The van der Waals surface area contributed by atoms with E-state index in [0.717, 1.165) is 0 Å². The van der Waals surface area contributed by atoms with E-state index in [2.05, 4.69) is 20.6 Å². The van der Waals surface area contributed by atoms with Crippen molar-refractivity contribution in [2.45, 2.75) is 6.92 Å². The summed E-state index contributed by atoms with van der Waals surface area (Å²) in [5.74, 6) is -0.918. The molecule has 0 aliphatic carbocycles. The van der Waals surface area contributed by atoms with E-state index in [1.165, 1.54) is 16.9 Å². The first-order valence-electron chi connectivity index (χ1n) is 11.2. The van der Waals surface area contributed by atoms with Crippen molar-refractivity contribution in [3.63, 3.8) is 0 Å². The topological polar surface area (TPSA) is 111 Å². The van der Waals surface area contributed by atoms with Gasteiger partial charge in [-0.3, -0.25) is 24.0 Å². The summed E-state index contributed by atoms with van der Waals surface area (Å²) in [6.07, 6.45) is 1.41. The van der Waals surface area contributed by atoms with Gasteiger partial charge in [-0.15, -0.1) is 0 Å². The summed E-state index contributed by atoms with van der Waals surface area (Å²) in [6.45, 7) is 1.76. The molecule has 0 aliphatic rings. The van der Waals surface area contributed by atoms with E-state index >= 15 is 0 Å². The number of aromatic nitrogens is 4. The number of para-hydroxylation sites is 3. The van der Waals surface area contributed by atoms with Crippen LogP contribution in [0.5, 0.6) is 0 Å². The first-order chi connectivity index (χ1) is 17.4. The quantitative estimate of drug-likeness (QED) is 0.398. The molecule has 0 saturated carbocycles. The van der Waals surface area contributed by atoms with Crippen LogP contribution < -0.4 is 16.2 Å². The maximum atomic E-state index is 13.1. The van der Waals surface area contributed by atoms with Crippen LogP contribution in [-0.4, -0.2) is 31.1 Å². The predicted octanol–water partition coefficient (Wildman–Crippen LogP) is 3.93. The van der Waals surface area contributed by atoms with E-state index in [1.54, 1.807) is 42.9 Å². The number of rotatable bonds is 5. The molecule has 2 amide bonds. The van der Waals surface area contributed by atoms with Crippen LogP contribution in [0.1, 0.15) is 26.5 Å². The minimum absolute atomic E-state index is 0.157. The Kier molecular flexibility index (Phi) is 5.87. The van der Waals surface area contributed by atoms with Crippen LogP contribution >= 0.6 is 0 Å². The zero-order valence-electron chi connectivity index (χ0n) is 19.6. The number of hydrogen-bond acceptors (Lipinski definition) is 5. The highest BCUT2D eigenvalue weighted by Gasteiger charge is 2.19. The van der Waals surface area contributed by atoms with Gasteiger partial charge >= 0.3 is 0 Å². The highest BCUT2D eigenvalue weighted by Crippen LogP contribution is 2.17. The van der Waals surface area contributed by atoms with Gasteiger partial charge in [0.25, 0.3) is 17.4 Å². The van der Waals surface area contributed by atoms with Gasteiger partial charge in [-0.05, 0) is 49.4 Å². The molecular formula is C27H22N6O3. The lowest BCUT2D eigenvalue weighted by molar-refractivity contribution is 0.101. The minimum Gasteiger partial charge on any atom is -0.321 e. The van der Waals surface area contributed by atoms with Gasteiger partial charge in [-0.2, -0.15) is 0 Å². The minimum atomic E-state index is -0.470. The van der Waals surface area contributed by atoms with Crippen molar-refractivity contribution in [3.05, 3.63) is 112 Å². The lowest BCUT2D eigenvalue weighted by Crippen LogP contribution is -2.23. The normalized spacial score (nSPS) is 10.8. The van der Waals surface area contributed by atoms with Gasteiger partial charge in [-0.25, -0.2) is 9.67 Å². The Hall–Kier alpha value is -5.05. The zero-order valence-corrected chi connectivity index (χ0v) is 19.6. The monoisotopic (exact) mass is 478 g/mol. The molecule has 0 fully saturated rings. The van der Waals surface area contributed by atoms with Crippen LogP contribution in [0.2, 0.25) is 0 Å². The second-order valence-corrected chi connectivity index (χ2v) is 8.17. The summed E-state index contributed by atoms with van der Waals surface area (Å²) >= 11 is 0. The summed E-state index contributed by atoms with van der Waals surface area (Å²) in [5, 5.41) is 5.48. The third-order valence-corrected chi connectivity index (χ3v) is 5.86. The SMILES string of the molecule is Cc1c(NC(=O)c2cccc(NC(=O)c3cnc4ccccc4n3)c2)c(=O)n(-c2ccccc2)n1C. The van der Waals surface area contributed by atoms with Crippen molar-refractivity contribution in [1.29, 1.82) is 0 Å². The average Bonchev–Trinajstić information content (AvgIpc) is 3.11. The highest BCUT2D eigenvalue weighted by molar-refractivity contribution is 6.07. The van der Waals surface area contributed by atoms with Crippen LogP contribution in [0.4, 0.5) is 11.4 Å². The molecule has 178 valence electrons. The summed E-state index contributed by atoms with van der Waals surface area (Å²) in [7, 11) is 1.76. The van der Waals surface area contributed by atoms with Crippen LogP contribution in [0.3, 0.4) is 0 Å². The maximum Gasteiger partial charge on any atom is 0.295 e. The Morgan fingerprint density at radius 2 is 1.56 bits per heavy atom. The van der Waals surface area contributed by atoms with Gasteiger partial charge in [0, 0.05) is 18.3 Å². The maximum absolute atomic E-state index is 13.1. The number of benzene rings is 3. The van der Waals surface area contributed by atoms with Crippen LogP contribution in [0.15, 0.2) is 89.9 Å². The zero-order chi connectivity index (χ0) is 25.2. The Labute approximate surface area is 206 Å². The number of carbonyl (C=O) groups excluding carboxylic acids is 2. The molecule has 0 radical (unpaired) electrons. The van der Waals surface area contributed by atoms with Gasteiger partial charge in [0.1, 0.15) is 11.4 Å². The van der Waals surface area contributed by atoms with E-state index in [-0.39, 0.29) is 22.5 Å². The van der Waals surface area contributed by atoms with Crippen molar-refractivity contribution in [2.75, 3.05) is 10.6 Å². The molecule has 3 aromatic carbocycles. The molecule has 0 atom stereocenters. The van der Waals surface area contributed by atoms with Crippen LogP contribution in [-0.2, 0) is 7.05 Å². The number of fused-ring (bicyclic) bond motifs is 1. The third kappa shape index (κ3) is 4.25. The Morgan fingerprint density at radius 3 is 2.33 bits per heavy atom. The Morgan fingerprint density at radius 1 is 0.833 bits per heavy atom. The molecule has 0 unspecified atom stereocenters. The first kappa shape index (κ1) is 22.7. The summed E-state index contributed by atoms with van der Waals surface area (Å²) in [5.41, 5.74) is 3.30. The molecule has 5 rings (SSSR count). The second kappa shape index (κ2) is 9.30. The predicted molar refractivity (Wildman–Crippen MR) is 138 cm³/mol. The summed E-state index contributed by atoms with van der Waals surface area (Å²) < 4.78 is 3.18. The fourth-order valence-corrected chi connectivity index (χ4v) is 3.90. The fourth-order valence-electron chi connectivity index (χ4n) is 3.90. The van der Waals surface area contributed by atoms with Gasteiger partial charge in [0.2, 0.25) is 0 Å². The smallest absolute Gasteiger partial charge is 0.295 e. The molecule has 9 nitrogen and oxygen atoms in total. The molecule has 0 aliphatic heterocycles. The van der Waals surface area contributed by atoms with E-state index in [0.29, 0.717) is 28.1 Å². The van der Waals surface area contributed by atoms with Crippen molar-refractivity contribution < 1.29 is 9.59 Å². The number of nitrogens with zero attached hydrogens (tertiary/aromatic N) is 4. The van der Waals surface area contributed by atoms with Crippen molar-refractivity contribution in [3.8, 4) is 5.69 Å². The molecule has 36 heavy (non-hydrogen) atoms. The van der Waals surface area contributed by atoms with Crippen molar-refractivity contribution in [2.24, 2.45) is 7.05 Å². The van der Waals surface area contributed by atoms with E-state index in [1.807, 2.05) is 48.5 Å². The van der Waals surface area contributed by atoms with Crippen LogP contribution in [0.25, 0.3) is 16.7 Å². The number of amides is 2. The lowest BCUT2D eigenvalue weighted by Gasteiger charge is -2.08. The first-order valence-corrected chi connectivity index (χ1v) is 11.2. The summed E-state index contributed by atoms with van der Waals surface area (Å²) in [4.78, 5) is 47.5. The van der Waals surface area contributed by atoms with Gasteiger partial charge < -0.3 is 10.6 Å². The number of anilines is 2. The van der Waals surface area contributed by atoms with Crippen LogP contribution in [0, 0.1) is 6.92 Å². The Bertz CT molecular complexity index is 1670. The lowest BCUT2D eigenvalue weighted by atomic mass is 10.1. The fraction of sp³-hybridized carbons (Fsp3) is 0.0741. The van der Waals surface area contributed by atoms with E-state index in [4.69, 9.17) is 0 Å².